The summed E-state index contributed by atoms with van der Waals surface area (Å²) in [6.45, 7) is 0. The number of carbonyl (C=O) groups excluding carboxylic acids is 1. The molecule has 0 heterocycles. The molecule has 1 aromatic carbocycles. The van der Waals surface area contributed by atoms with Crippen LogP contribution in [0.4, 0.5) is 0 Å². The van der Waals surface area contributed by atoms with Crippen molar-refractivity contribution >= 4 is 36.6 Å². The third-order valence-corrected chi connectivity index (χ3v) is 2.74. The second-order valence-corrected chi connectivity index (χ2v) is 5.77. The molecule has 0 radical (unpaired) electrons. The van der Waals surface area contributed by atoms with Gasteiger partial charge in [-0.1, -0.05) is 12.1 Å². The van der Waals surface area contributed by atoms with Gasteiger partial charge in [0, 0.05) is 16.2 Å². The van der Waals surface area contributed by atoms with Crippen LogP contribution in [-0.2, 0) is 14.8 Å². The number of halogens is 2. The Morgan fingerprint density at radius 1 is 1.21 bits per heavy atom. The third-order valence-electron chi connectivity index (χ3n) is 1.52. The smallest absolute Gasteiger partial charge is 0.252 e. The van der Waals surface area contributed by atoms with Crippen molar-refractivity contribution in [1.82, 2.24) is 0 Å². The molecule has 0 aliphatic rings. The molecule has 0 bridgehead atoms. The lowest BCUT2D eigenvalue weighted by Gasteiger charge is -1.98. The summed E-state index contributed by atoms with van der Waals surface area (Å²) >= 11 is 5.21. The van der Waals surface area contributed by atoms with E-state index in [2.05, 4.69) is 0 Å². The maximum absolute atomic E-state index is 10.7. The van der Waals surface area contributed by atoms with Gasteiger partial charge in [0.25, 0.3) is 5.24 Å². The van der Waals surface area contributed by atoms with E-state index in [0.29, 0.717) is 11.1 Å². The van der Waals surface area contributed by atoms with Gasteiger partial charge >= 0.3 is 0 Å². The van der Waals surface area contributed by atoms with Gasteiger partial charge in [0.15, 0.2) is 0 Å². The second kappa shape index (κ2) is 4.29. The fourth-order valence-electron chi connectivity index (χ4n) is 0.931. The van der Waals surface area contributed by atoms with Gasteiger partial charge in [-0.25, -0.2) is 8.42 Å². The van der Waals surface area contributed by atoms with Crippen molar-refractivity contribution in [1.29, 1.82) is 0 Å². The Balaban J connectivity index is 2.90. The minimum Gasteiger partial charge on any atom is -0.276 e. The molecule has 0 fully saturated rings. The first-order chi connectivity index (χ1) is 6.38. The molecule has 0 aliphatic carbocycles. The normalized spacial score (nSPS) is 11.3. The number of hydrogen-bond acceptors (Lipinski definition) is 3. The van der Waals surface area contributed by atoms with Crippen molar-refractivity contribution in [2.45, 2.75) is 5.75 Å². The lowest BCUT2D eigenvalue weighted by molar-refractivity contribution is 0.108. The van der Waals surface area contributed by atoms with Gasteiger partial charge in [-0.3, -0.25) is 4.79 Å². The van der Waals surface area contributed by atoms with E-state index in [-0.39, 0.29) is 5.75 Å². The summed E-state index contributed by atoms with van der Waals surface area (Å²) in [5.74, 6) is -0.259. The maximum atomic E-state index is 10.7. The standard InChI is InChI=1S/C8H6Cl2O3S/c9-8(11)7-3-1-6(2-4-7)5-14(10,12)13/h1-4H,5H2. The fourth-order valence-corrected chi connectivity index (χ4v) is 2.03. The van der Waals surface area contributed by atoms with Crippen LogP contribution in [0.25, 0.3) is 0 Å². The van der Waals surface area contributed by atoms with E-state index in [1.54, 1.807) is 0 Å². The number of hydrogen-bond donors (Lipinski definition) is 0. The Kier molecular flexibility index (Phi) is 3.53. The zero-order valence-electron chi connectivity index (χ0n) is 6.91. The summed E-state index contributed by atoms with van der Waals surface area (Å²) in [5.41, 5.74) is 0.837. The average Bonchev–Trinajstić information content (AvgIpc) is 2.02. The zero-order valence-corrected chi connectivity index (χ0v) is 9.23. The van der Waals surface area contributed by atoms with Crippen LogP contribution >= 0.6 is 22.3 Å². The Bertz CT molecular complexity index is 436. The van der Waals surface area contributed by atoms with Crippen molar-refractivity contribution in [2.75, 3.05) is 0 Å². The Morgan fingerprint density at radius 2 is 1.71 bits per heavy atom. The predicted octanol–water partition coefficient (Wildman–Crippen LogP) is 2.13. The van der Waals surface area contributed by atoms with Crippen LogP contribution in [0.1, 0.15) is 15.9 Å². The number of rotatable bonds is 3. The van der Waals surface area contributed by atoms with Gasteiger partial charge in [0.1, 0.15) is 0 Å². The Morgan fingerprint density at radius 3 is 2.07 bits per heavy atom. The number of carbonyl (C=O) groups is 1. The highest BCUT2D eigenvalue weighted by Crippen LogP contribution is 2.12. The van der Waals surface area contributed by atoms with Crippen LogP contribution in [0, 0.1) is 0 Å². The van der Waals surface area contributed by atoms with Gasteiger partial charge < -0.3 is 0 Å². The first-order valence-electron chi connectivity index (χ1n) is 3.59. The Hall–Kier alpha value is -0.580. The summed E-state index contributed by atoms with van der Waals surface area (Å²) < 4.78 is 21.4. The van der Waals surface area contributed by atoms with Crippen LogP contribution < -0.4 is 0 Å². The van der Waals surface area contributed by atoms with Crippen LogP contribution in [0.15, 0.2) is 24.3 Å². The largest absolute Gasteiger partial charge is 0.276 e. The van der Waals surface area contributed by atoms with Crippen molar-refractivity contribution in [3.05, 3.63) is 35.4 Å². The van der Waals surface area contributed by atoms with Crippen molar-refractivity contribution in [3.8, 4) is 0 Å². The minimum absolute atomic E-state index is 0.259. The first-order valence-corrected chi connectivity index (χ1v) is 6.45. The van der Waals surface area contributed by atoms with Crippen molar-refractivity contribution in [2.24, 2.45) is 0 Å². The fraction of sp³-hybridized carbons (Fsp3) is 0.125. The molecule has 3 nitrogen and oxygen atoms in total. The highest BCUT2D eigenvalue weighted by molar-refractivity contribution is 8.13. The Labute approximate surface area is 91.1 Å². The van der Waals surface area contributed by atoms with Crippen LogP contribution in [0.2, 0.25) is 0 Å². The molecule has 1 rings (SSSR count). The van der Waals surface area contributed by atoms with Gasteiger partial charge in [-0.15, -0.1) is 0 Å². The molecule has 76 valence electrons. The average molecular weight is 253 g/mol. The molecule has 1 aromatic rings. The minimum atomic E-state index is -3.56. The topological polar surface area (TPSA) is 51.2 Å². The van der Waals surface area contributed by atoms with Crippen LogP contribution in [-0.4, -0.2) is 13.7 Å². The van der Waals surface area contributed by atoms with Gasteiger partial charge in [-0.2, -0.15) is 0 Å². The summed E-state index contributed by atoms with van der Waals surface area (Å²) in [4.78, 5) is 10.7. The molecule has 0 unspecified atom stereocenters. The van der Waals surface area contributed by atoms with Gasteiger partial charge in [0.2, 0.25) is 9.05 Å². The van der Waals surface area contributed by atoms with Crippen molar-refractivity contribution < 1.29 is 13.2 Å². The molecule has 0 aromatic heterocycles. The molecular formula is C8H6Cl2O3S. The van der Waals surface area contributed by atoms with Gasteiger partial charge in [-0.05, 0) is 29.3 Å². The molecule has 0 saturated heterocycles. The third kappa shape index (κ3) is 3.65. The second-order valence-electron chi connectivity index (χ2n) is 2.65. The van der Waals surface area contributed by atoms with Crippen LogP contribution in [0.3, 0.4) is 0 Å². The molecule has 0 N–H and O–H groups in total. The monoisotopic (exact) mass is 252 g/mol. The molecule has 0 atom stereocenters. The van der Waals surface area contributed by atoms with E-state index in [0.717, 1.165) is 0 Å². The van der Waals surface area contributed by atoms with E-state index in [4.69, 9.17) is 22.3 Å². The molecule has 0 saturated carbocycles. The van der Waals surface area contributed by atoms with E-state index >= 15 is 0 Å². The summed E-state index contributed by atoms with van der Waals surface area (Å²) in [5, 5.41) is -0.578. The zero-order chi connectivity index (χ0) is 10.8. The molecule has 0 aliphatic heterocycles. The highest BCUT2D eigenvalue weighted by atomic mass is 35.7. The molecule has 6 heteroatoms. The first kappa shape index (κ1) is 11.5. The van der Waals surface area contributed by atoms with Crippen LogP contribution in [0.5, 0.6) is 0 Å². The summed E-state index contributed by atoms with van der Waals surface area (Å²) in [6.07, 6.45) is 0. The SMILES string of the molecule is O=C(Cl)c1ccc(CS(=O)(=O)Cl)cc1. The van der Waals surface area contributed by atoms with E-state index in [9.17, 15) is 13.2 Å². The molecule has 0 amide bonds. The molecule has 14 heavy (non-hydrogen) atoms. The van der Waals surface area contributed by atoms with E-state index < -0.39 is 14.3 Å². The van der Waals surface area contributed by atoms with E-state index in [1.165, 1.54) is 24.3 Å². The molecule has 0 spiro atoms. The summed E-state index contributed by atoms with van der Waals surface area (Å²) in [6, 6.07) is 5.89. The highest BCUT2D eigenvalue weighted by Gasteiger charge is 2.07. The number of benzene rings is 1. The summed E-state index contributed by atoms with van der Waals surface area (Å²) in [7, 11) is 1.49. The van der Waals surface area contributed by atoms with Crippen molar-refractivity contribution in [3.63, 3.8) is 0 Å². The lowest BCUT2D eigenvalue weighted by Crippen LogP contribution is -1.96. The van der Waals surface area contributed by atoms with E-state index in [1.807, 2.05) is 0 Å². The van der Waals surface area contributed by atoms with Gasteiger partial charge in [0.05, 0.1) is 5.75 Å². The quantitative estimate of drug-likeness (QED) is 0.775. The predicted molar refractivity (Wildman–Crippen MR) is 55.1 cm³/mol. The molecular weight excluding hydrogens is 247 g/mol. The maximum Gasteiger partial charge on any atom is 0.252 e. The lowest BCUT2D eigenvalue weighted by atomic mass is 10.2.